The summed E-state index contributed by atoms with van der Waals surface area (Å²) in [6, 6.07) is -0.0578. The molecule has 9 nitrogen and oxygen atoms in total. The van der Waals surface area contributed by atoms with E-state index in [1.807, 2.05) is 9.80 Å². The molecule has 28 heavy (non-hydrogen) atoms. The van der Waals surface area contributed by atoms with Crippen LogP contribution in [0.15, 0.2) is 0 Å². The first-order chi connectivity index (χ1) is 13.5. The molecule has 154 valence electrons. The smallest absolute Gasteiger partial charge is 0.252 e. The number of nitrogens with zero attached hydrogens (tertiary/aromatic N) is 4. The maximum absolute atomic E-state index is 13.4. The molecule has 5 aliphatic heterocycles. The summed E-state index contributed by atoms with van der Waals surface area (Å²) in [5.41, 5.74) is -0.699. The van der Waals surface area contributed by atoms with Crippen molar-refractivity contribution in [3.05, 3.63) is 0 Å². The van der Waals surface area contributed by atoms with Gasteiger partial charge in [-0.05, 0) is 19.3 Å². The molecule has 5 aliphatic rings. The van der Waals surface area contributed by atoms with E-state index >= 15 is 0 Å². The molecule has 0 aromatic rings. The number of ether oxygens (including phenoxy) is 1. The Morgan fingerprint density at radius 1 is 1.14 bits per heavy atom. The van der Waals surface area contributed by atoms with Crippen molar-refractivity contribution in [2.24, 2.45) is 0 Å². The molecule has 0 bridgehead atoms. The standard InChI is InChI=1S/C19H28N4O5/c24-14-7-15-17(26)22(6-2-5-20-4-1-3-16(20)25)18(27)19(23(15)8-14)11-21(12-19)13-9-28-10-13/h13-15,24H,1-12H2/t14-,15+/m1/s1. The van der Waals surface area contributed by atoms with Crippen LogP contribution in [-0.4, -0.2) is 119 Å². The molecule has 0 saturated carbocycles. The van der Waals surface area contributed by atoms with Gasteiger partial charge in [-0.25, -0.2) is 0 Å². The molecule has 5 rings (SSSR count). The van der Waals surface area contributed by atoms with Crippen molar-refractivity contribution >= 4 is 17.7 Å². The van der Waals surface area contributed by atoms with E-state index in [4.69, 9.17) is 4.74 Å². The lowest BCUT2D eigenvalue weighted by Crippen LogP contribution is -2.83. The predicted molar refractivity (Wildman–Crippen MR) is 97.2 cm³/mol. The topological polar surface area (TPSA) is 93.6 Å². The van der Waals surface area contributed by atoms with Crippen molar-refractivity contribution in [2.45, 2.75) is 49.4 Å². The van der Waals surface area contributed by atoms with Gasteiger partial charge in [-0.15, -0.1) is 0 Å². The normalized spacial score (nSPS) is 33.5. The fourth-order valence-electron chi connectivity index (χ4n) is 5.38. The minimum Gasteiger partial charge on any atom is -0.392 e. The first-order valence-corrected chi connectivity index (χ1v) is 10.4. The number of piperazine rings is 1. The molecule has 3 amide bonds. The van der Waals surface area contributed by atoms with Crippen LogP contribution in [0.25, 0.3) is 0 Å². The number of carbonyl (C=O) groups is 3. The van der Waals surface area contributed by atoms with E-state index in [1.54, 1.807) is 0 Å². The zero-order valence-electron chi connectivity index (χ0n) is 16.1. The number of imide groups is 1. The highest BCUT2D eigenvalue weighted by Crippen LogP contribution is 2.41. The number of β-amino-alcohol motifs (C(OH)–C–C–N with tert-alkyl or cyclic N) is 1. The van der Waals surface area contributed by atoms with Crippen molar-refractivity contribution in [1.29, 1.82) is 0 Å². The van der Waals surface area contributed by atoms with Gasteiger partial charge in [0.25, 0.3) is 5.91 Å². The Kier molecular flexibility index (Phi) is 4.46. The van der Waals surface area contributed by atoms with Crippen LogP contribution in [0.3, 0.4) is 0 Å². The third-order valence-electron chi connectivity index (χ3n) is 7.07. The molecular formula is C19H28N4O5. The Morgan fingerprint density at radius 3 is 2.57 bits per heavy atom. The largest absolute Gasteiger partial charge is 0.392 e. The third kappa shape index (κ3) is 2.71. The number of aliphatic hydroxyl groups excluding tert-OH is 1. The number of hydrogen-bond acceptors (Lipinski definition) is 7. The summed E-state index contributed by atoms with van der Waals surface area (Å²) in [4.78, 5) is 45.6. The lowest BCUT2D eigenvalue weighted by molar-refractivity contribution is -0.192. The van der Waals surface area contributed by atoms with Gasteiger partial charge in [0.1, 0.15) is 5.54 Å². The molecule has 0 aromatic carbocycles. The van der Waals surface area contributed by atoms with Crippen LogP contribution in [0, 0.1) is 0 Å². The maximum atomic E-state index is 13.4. The van der Waals surface area contributed by atoms with E-state index < -0.39 is 17.7 Å². The Hall–Kier alpha value is -1.55. The van der Waals surface area contributed by atoms with E-state index in [9.17, 15) is 19.5 Å². The maximum Gasteiger partial charge on any atom is 0.252 e. The monoisotopic (exact) mass is 392 g/mol. The summed E-state index contributed by atoms with van der Waals surface area (Å²) in [7, 11) is 0. The second kappa shape index (κ2) is 6.76. The Morgan fingerprint density at radius 2 is 1.93 bits per heavy atom. The lowest BCUT2D eigenvalue weighted by atomic mass is 9.81. The van der Waals surface area contributed by atoms with Gasteiger partial charge >= 0.3 is 0 Å². The number of likely N-dealkylation sites (tertiary alicyclic amines) is 2. The minimum atomic E-state index is -0.699. The molecule has 0 aliphatic carbocycles. The molecule has 1 spiro atoms. The SMILES string of the molecule is O=C1CCCN1CCCN1C(=O)[C@@H]2C[C@@H](O)CN2C2(CN(C3COC3)C2)C1=O. The highest BCUT2D eigenvalue weighted by molar-refractivity contribution is 6.06. The van der Waals surface area contributed by atoms with E-state index in [0.29, 0.717) is 71.2 Å². The number of carbonyl (C=O) groups excluding carboxylic acids is 3. The average molecular weight is 392 g/mol. The first-order valence-electron chi connectivity index (χ1n) is 10.4. The molecule has 0 radical (unpaired) electrons. The van der Waals surface area contributed by atoms with Gasteiger partial charge in [0.15, 0.2) is 0 Å². The molecule has 9 heteroatoms. The van der Waals surface area contributed by atoms with Gasteiger partial charge < -0.3 is 14.7 Å². The Balaban J connectivity index is 1.29. The molecule has 0 aromatic heterocycles. The molecule has 0 unspecified atom stereocenters. The second-order valence-electron chi connectivity index (χ2n) is 8.82. The first kappa shape index (κ1) is 18.5. The molecule has 5 fully saturated rings. The van der Waals surface area contributed by atoms with E-state index in [2.05, 4.69) is 4.90 Å². The van der Waals surface area contributed by atoms with Crippen LogP contribution >= 0.6 is 0 Å². The van der Waals surface area contributed by atoms with E-state index in [-0.39, 0.29) is 17.7 Å². The van der Waals surface area contributed by atoms with Crippen molar-refractivity contribution in [3.63, 3.8) is 0 Å². The number of amides is 3. The minimum absolute atomic E-state index is 0.132. The van der Waals surface area contributed by atoms with Gasteiger partial charge in [0.2, 0.25) is 11.8 Å². The predicted octanol–water partition coefficient (Wildman–Crippen LogP) is -1.74. The quantitative estimate of drug-likeness (QED) is 0.555. The summed E-state index contributed by atoms with van der Waals surface area (Å²) in [6.45, 7) is 4.67. The van der Waals surface area contributed by atoms with Gasteiger partial charge in [-0.1, -0.05) is 0 Å². The average Bonchev–Trinajstić information content (AvgIpc) is 3.17. The number of aliphatic hydroxyl groups is 1. The molecule has 2 atom stereocenters. The molecular weight excluding hydrogens is 364 g/mol. The highest BCUT2D eigenvalue weighted by atomic mass is 16.5. The molecule has 1 N–H and O–H groups in total. The number of rotatable bonds is 5. The van der Waals surface area contributed by atoms with E-state index in [1.165, 1.54) is 4.90 Å². The summed E-state index contributed by atoms with van der Waals surface area (Å²) in [5, 5.41) is 10.2. The fourth-order valence-corrected chi connectivity index (χ4v) is 5.38. The summed E-state index contributed by atoms with van der Waals surface area (Å²) >= 11 is 0. The lowest BCUT2D eigenvalue weighted by Gasteiger charge is -2.61. The van der Waals surface area contributed by atoms with Crippen molar-refractivity contribution in [2.75, 3.05) is 52.5 Å². The summed E-state index contributed by atoms with van der Waals surface area (Å²) < 4.78 is 5.27. The Labute approximate surface area is 164 Å². The van der Waals surface area contributed by atoms with Gasteiger partial charge in [-0.3, -0.25) is 29.1 Å². The Bertz CT molecular complexity index is 690. The van der Waals surface area contributed by atoms with Crippen molar-refractivity contribution in [1.82, 2.24) is 19.6 Å². The fraction of sp³-hybridized carbons (Fsp3) is 0.842. The van der Waals surface area contributed by atoms with Gasteiger partial charge in [0.05, 0.1) is 31.4 Å². The summed E-state index contributed by atoms with van der Waals surface area (Å²) in [5.74, 6) is -0.160. The highest BCUT2D eigenvalue weighted by Gasteiger charge is 2.65. The summed E-state index contributed by atoms with van der Waals surface area (Å²) in [6.07, 6.45) is 1.91. The van der Waals surface area contributed by atoms with Crippen LogP contribution in [-0.2, 0) is 19.1 Å². The number of hydrogen-bond donors (Lipinski definition) is 1. The number of fused-ring (bicyclic) bond motifs is 2. The zero-order valence-corrected chi connectivity index (χ0v) is 16.1. The van der Waals surface area contributed by atoms with Crippen LogP contribution < -0.4 is 0 Å². The van der Waals surface area contributed by atoms with E-state index in [0.717, 1.165) is 13.0 Å². The van der Waals surface area contributed by atoms with Crippen LogP contribution in [0.1, 0.15) is 25.7 Å². The molecule has 5 saturated heterocycles. The van der Waals surface area contributed by atoms with Crippen LogP contribution in [0.2, 0.25) is 0 Å². The van der Waals surface area contributed by atoms with Crippen LogP contribution in [0.5, 0.6) is 0 Å². The zero-order chi connectivity index (χ0) is 19.5. The second-order valence-corrected chi connectivity index (χ2v) is 8.82. The van der Waals surface area contributed by atoms with Gasteiger partial charge in [0, 0.05) is 45.7 Å². The third-order valence-corrected chi connectivity index (χ3v) is 7.07. The van der Waals surface area contributed by atoms with Crippen molar-refractivity contribution in [3.8, 4) is 0 Å². The molecule has 5 heterocycles. The van der Waals surface area contributed by atoms with Crippen LogP contribution in [0.4, 0.5) is 0 Å². The van der Waals surface area contributed by atoms with Gasteiger partial charge in [-0.2, -0.15) is 0 Å². The van der Waals surface area contributed by atoms with Crippen molar-refractivity contribution < 1.29 is 24.2 Å².